The van der Waals surface area contributed by atoms with Gasteiger partial charge in [0, 0.05) is 18.2 Å². The number of fused-ring (bicyclic) bond motifs is 1. The molecule has 8 nitrogen and oxygen atoms in total. The molecule has 1 amide bonds. The van der Waals surface area contributed by atoms with E-state index in [-0.39, 0.29) is 17.5 Å². The maximum atomic E-state index is 13.0. The summed E-state index contributed by atoms with van der Waals surface area (Å²) in [4.78, 5) is 36.2. The van der Waals surface area contributed by atoms with Gasteiger partial charge >= 0.3 is 0 Å². The van der Waals surface area contributed by atoms with Crippen molar-refractivity contribution in [3.8, 4) is 5.88 Å². The molecule has 1 aliphatic carbocycles. The van der Waals surface area contributed by atoms with Crippen LogP contribution in [0.25, 0.3) is 11.7 Å². The molecule has 0 spiro atoms. The van der Waals surface area contributed by atoms with Gasteiger partial charge in [0.15, 0.2) is 5.56 Å². The highest BCUT2D eigenvalue weighted by molar-refractivity contribution is 5.96. The molecule has 2 aromatic heterocycles. The Labute approximate surface area is 150 Å². The van der Waals surface area contributed by atoms with Gasteiger partial charge in [-0.2, -0.15) is 9.61 Å². The summed E-state index contributed by atoms with van der Waals surface area (Å²) < 4.78 is 2.60. The first-order chi connectivity index (χ1) is 12.4. The van der Waals surface area contributed by atoms with Crippen LogP contribution in [0.3, 0.4) is 0 Å². The van der Waals surface area contributed by atoms with Gasteiger partial charge in [0.05, 0.1) is 6.20 Å². The number of aromatic hydroxyl groups is 1. The largest absolute Gasteiger partial charge is 0.492 e. The van der Waals surface area contributed by atoms with Crippen LogP contribution in [-0.2, 0) is 11.3 Å². The van der Waals surface area contributed by atoms with Crippen molar-refractivity contribution in [1.29, 1.82) is 0 Å². The summed E-state index contributed by atoms with van der Waals surface area (Å²) in [6.45, 7) is 4.24. The van der Waals surface area contributed by atoms with Gasteiger partial charge in [-0.05, 0) is 37.3 Å². The minimum Gasteiger partial charge on any atom is -0.492 e. The minimum atomic E-state index is -0.586. The molecule has 0 unspecified atom stereocenters. The summed E-state index contributed by atoms with van der Waals surface area (Å²) in [5.41, 5.74) is -0.0172. The van der Waals surface area contributed by atoms with Crippen LogP contribution in [0.2, 0.25) is 0 Å². The van der Waals surface area contributed by atoms with Crippen LogP contribution in [-0.4, -0.2) is 37.5 Å². The third-order valence-corrected chi connectivity index (χ3v) is 4.48. The molecule has 0 bridgehead atoms. The van der Waals surface area contributed by atoms with Crippen LogP contribution in [0.4, 0.5) is 0 Å². The van der Waals surface area contributed by atoms with Gasteiger partial charge in [-0.25, -0.2) is 0 Å². The van der Waals surface area contributed by atoms with Gasteiger partial charge < -0.3 is 10.4 Å². The zero-order chi connectivity index (χ0) is 18.8. The van der Waals surface area contributed by atoms with E-state index in [4.69, 9.17) is 0 Å². The Kier molecular flexibility index (Phi) is 4.92. The van der Waals surface area contributed by atoms with E-state index in [9.17, 15) is 19.5 Å². The topological polar surface area (TPSA) is 106 Å². The summed E-state index contributed by atoms with van der Waals surface area (Å²) in [5.74, 6) is -0.953. The summed E-state index contributed by atoms with van der Waals surface area (Å²) in [5, 5.41) is 17.4. The lowest BCUT2D eigenvalue weighted by Gasteiger charge is -2.26. The average Bonchev–Trinajstić information content (AvgIpc) is 2.97. The Balaban J connectivity index is 2.20. The number of aldehydes is 1. The van der Waals surface area contributed by atoms with Crippen molar-refractivity contribution in [3.63, 3.8) is 0 Å². The first-order valence-electron chi connectivity index (χ1n) is 8.70. The standard InChI is InChI=1S/C18H22N4O4/c1-11(2)10-21-16-12(5-4-8-23)9-19-22(16)18(26)14(17(21)25)15(24)20-13-6-3-7-13/h4-5,8-9,11,13,26H,3,6-7,10H2,1-2H3,(H,20,24)/b5-4+. The second kappa shape index (κ2) is 7.15. The second-order valence-corrected chi connectivity index (χ2v) is 6.94. The fraction of sp³-hybridized carbons (Fsp3) is 0.444. The second-order valence-electron chi connectivity index (χ2n) is 6.94. The summed E-state index contributed by atoms with van der Waals surface area (Å²) in [6.07, 6.45) is 7.65. The molecule has 0 saturated heterocycles. The highest BCUT2D eigenvalue weighted by Crippen LogP contribution is 2.23. The SMILES string of the molecule is CC(C)Cn1c(=O)c(C(=O)NC2CCC2)c(O)n2ncc(/C=C/C=O)c12. The van der Waals surface area contributed by atoms with Crippen LogP contribution in [0.1, 0.15) is 49.0 Å². The summed E-state index contributed by atoms with van der Waals surface area (Å²) in [6, 6.07) is 0.0410. The van der Waals surface area contributed by atoms with E-state index in [1.54, 1.807) is 0 Å². The quantitative estimate of drug-likeness (QED) is 0.599. The van der Waals surface area contributed by atoms with Crippen LogP contribution >= 0.6 is 0 Å². The van der Waals surface area contributed by atoms with E-state index in [1.807, 2.05) is 13.8 Å². The zero-order valence-corrected chi connectivity index (χ0v) is 14.8. The van der Waals surface area contributed by atoms with E-state index in [1.165, 1.54) is 27.4 Å². The summed E-state index contributed by atoms with van der Waals surface area (Å²) in [7, 11) is 0. The number of nitrogens with one attached hydrogen (secondary N) is 1. The molecule has 0 aromatic carbocycles. The molecule has 1 aliphatic rings. The predicted octanol–water partition coefficient (Wildman–Crippen LogP) is 1.35. The van der Waals surface area contributed by atoms with Gasteiger partial charge in [-0.15, -0.1) is 0 Å². The van der Waals surface area contributed by atoms with E-state index >= 15 is 0 Å². The Morgan fingerprint density at radius 2 is 2.19 bits per heavy atom. The normalized spacial score (nSPS) is 14.9. The van der Waals surface area contributed by atoms with Gasteiger partial charge in [0.2, 0.25) is 5.88 Å². The highest BCUT2D eigenvalue weighted by Gasteiger charge is 2.28. The van der Waals surface area contributed by atoms with Gasteiger partial charge in [-0.3, -0.25) is 19.0 Å². The molecule has 8 heteroatoms. The molecule has 1 fully saturated rings. The van der Waals surface area contributed by atoms with Crippen molar-refractivity contribution in [1.82, 2.24) is 19.5 Å². The highest BCUT2D eigenvalue weighted by atomic mass is 16.3. The number of rotatable bonds is 6. The number of allylic oxidation sites excluding steroid dienone is 1. The lowest BCUT2D eigenvalue weighted by atomic mass is 9.93. The Bertz CT molecular complexity index is 935. The van der Waals surface area contributed by atoms with Crippen LogP contribution in [0.15, 0.2) is 17.1 Å². The van der Waals surface area contributed by atoms with Crippen LogP contribution < -0.4 is 10.9 Å². The Hall–Kier alpha value is -2.90. The average molecular weight is 358 g/mol. The number of carbonyl (C=O) groups is 2. The van der Waals surface area contributed by atoms with Crippen molar-refractivity contribution in [2.24, 2.45) is 5.92 Å². The van der Waals surface area contributed by atoms with Crippen molar-refractivity contribution in [3.05, 3.63) is 33.8 Å². The minimum absolute atomic E-state index is 0.0410. The van der Waals surface area contributed by atoms with Crippen molar-refractivity contribution in [2.75, 3.05) is 0 Å². The Morgan fingerprint density at radius 3 is 2.77 bits per heavy atom. The smallest absolute Gasteiger partial charge is 0.270 e. The molecule has 26 heavy (non-hydrogen) atoms. The molecule has 2 aromatic rings. The van der Waals surface area contributed by atoms with Gasteiger partial charge in [0.25, 0.3) is 11.5 Å². The predicted molar refractivity (Wildman–Crippen MR) is 96.2 cm³/mol. The Morgan fingerprint density at radius 1 is 1.46 bits per heavy atom. The molecule has 1 saturated carbocycles. The lowest BCUT2D eigenvalue weighted by Crippen LogP contribution is -2.43. The maximum absolute atomic E-state index is 13.0. The van der Waals surface area contributed by atoms with Gasteiger partial charge in [0.1, 0.15) is 11.9 Å². The fourth-order valence-electron chi connectivity index (χ4n) is 3.02. The fourth-order valence-corrected chi connectivity index (χ4v) is 3.02. The maximum Gasteiger partial charge on any atom is 0.270 e. The number of hydrogen-bond donors (Lipinski definition) is 2. The molecule has 2 N–H and O–H groups in total. The van der Waals surface area contributed by atoms with Crippen LogP contribution in [0, 0.1) is 5.92 Å². The number of nitrogens with zero attached hydrogens (tertiary/aromatic N) is 3. The third-order valence-electron chi connectivity index (χ3n) is 4.48. The molecular weight excluding hydrogens is 336 g/mol. The molecule has 0 aliphatic heterocycles. The first kappa shape index (κ1) is 17.9. The van der Waals surface area contributed by atoms with Crippen molar-refractivity contribution in [2.45, 2.75) is 45.7 Å². The number of aromatic nitrogens is 3. The number of carbonyl (C=O) groups excluding carboxylic acids is 2. The number of amides is 1. The van der Waals surface area contributed by atoms with Gasteiger partial charge in [-0.1, -0.05) is 13.8 Å². The third kappa shape index (κ3) is 3.14. The van der Waals surface area contributed by atoms with E-state index in [2.05, 4.69) is 10.4 Å². The van der Waals surface area contributed by atoms with E-state index in [0.29, 0.717) is 24.0 Å². The molecular formula is C18H22N4O4. The molecule has 138 valence electrons. The van der Waals surface area contributed by atoms with Crippen molar-refractivity contribution < 1.29 is 14.7 Å². The monoisotopic (exact) mass is 358 g/mol. The zero-order valence-electron chi connectivity index (χ0n) is 14.8. The molecule has 3 rings (SSSR count). The summed E-state index contributed by atoms with van der Waals surface area (Å²) >= 11 is 0. The number of hydrogen-bond acceptors (Lipinski definition) is 5. The van der Waals surface area contributed by atoms with Crippen LogP contribution in [0.5, 0.6) is 5.88 Å². The first-order valence-corrected chi connectivity index (χ1v) is 8.70. The molecule has 0 radical (unpaired) electrons. The van der Waals surface area contributed by atoms with Crippen molar-refractivity contribution >= 4 is 23.9 Å². The lowest BCUT2D eigenvalue weighted by molar-refractivity contribution is -0.104. The van der Waals surface area contributed by atoms with E-state index < -0.39 is 17.3 Å². The molecule has 0 atom stereocenters. The van der Waals surface area contributed by atoms with E-state index in [0.717, 1.165) is 19.3 Å². The molecule has 2 heterocycles.